The van der Waals surface area contributed by atoms with Crippen LogP contribution in [0.25, 0.3) is 0 Å². The molecule has 0 heterocycles. The van der Waals surface area contributed by atoms with Gasteiger partial charge in [-0.1, -0.05) is 91.9 Å². The van der Waals surface area contributed by atoms with Gasteiger partial charge in [0.05, 0.1) is 11.9 Å². The molecule has 0 radical (unpaired) electrons. The molecule has 0 bridgehead atoms. The first-order chi connectivity index (χ1) is 22.0. The van der Waals surface area contributed by atoms with Crippen LogP contribution in [0.5, 0.6) is 5.75 Å². The van der Waals surface area contributed by atoms with E-state index in [4.69, 9.17) is 4.74 Å². The lowest BCUT2D eigenvalue weighted by molar-refractivity contribution is -0.140. The summed E-state index contributed by atoms with van der Waals surface area (Å²) in [6, 6.07) is 32.6. The Labute approximate surface area is 273 Å². The number of aryl methyl sites for hydroxylation is 1. The third-order valence-electron chi connectivity index (χ3n) is 7.93. The predicted molar refractivity (Wildman–Crippen MR) is 183 cm³/mol. The van der Waals surface area contributed by atoms with E-state index >= 15 is 0 Å². The third kappa shape index (κ3) is 9.68. The zero-order valence-corrected chi connectivity index (χ0v) is 27.7. The molecular formula is C37H43N3O5S. The molecule has 0 aliphatic heterocycles. The van der Waals surface area contributed by atoms with Crippen LogP contribution in [0.15, 0.2) is 109 Å². The van der Waals surface area contributed by atoms with Crippen molar-refractivity contribution in [1.29, 1.82) is 0 Å². The highest BCUT2D eigenvalue weighted by molar-refractivity contribution is 7.92. The van der Waals surface area contributed by atoms with Crippen molar-refractivity contribution in [2.24, 2.45) is 0 Å². The molecule has 8 nitrogen and oxygen atoms in total. The van der Waals surface area contributed by atoms with Crippen LogP contribution >= 0.6 is 0 Å². The van der Waals surface area contributed by atoms with Gasteiger partial charge in [0.15, 0.2) is 0 Å². The molecule has 242 valence electrons. The highest BCUT2D eigenvalue weighted by atomic mass is 32.2. The molecule has 0 saturated carbocycles. The van der Waals surface area contributed by atoms with Gasteiger partial charge in [-0.05, 0) is 66.8 Å². The third-order valence-corrected chi connectivity index (χ3v) is 9.07. The summed E-state index contributed by atoms with van der Waals surface area (Å²) in [7, 11) is -3.88. The summed E-state index contributed by atoms with van der Waals surface area (Å²) in [5.74, 6) is -0.206. The van der Waals surface area contributed by atoms with Crippen LogP contribution in [-0.4, -0.2) is 50.0 Å². The average Bonchev–Trinajstić information content (AvgIpc) is 3.05. The zero-order valence-electron chi connectivity index (χ0n) is 26.9. The minimum Gasteiger partial charge on any atom is -0.489 e. The van der Waals surface area contributed by atoms with Crippen LogP contribution in [0, 0.1) is 6.92 Å². The fraction of sp³-hybridized carbons (Fsp3) is 0.297. The number of rotatable bonds is 15. The van der Waals surface area contributed by atoms with Gasteiger partial charge in [-0.3, -0.25) is 13.9 Å². The fourth-order valence-corrected chi connectivity index (χ4v) is 5.88. The lowest BCUT2D eigenvalue weighted by Gasteiger charge is -2.34. The Morgan fingerprint density at radius 1 is 0.826 bits per heavy atom. The summed E-state index contributed by atoms with van der Waals surface area (Å²) in [5, 5.41) is 3.05. The molecule has 2 amide bonds. The molecule has 0 fully saturated rings. The van der Waals surface area contributed by atoms with Crippen molar-refractivity contribution in [2.75, 3.05) is 17.1 Å². The smallest absolute Gasteiger partial charge is 0.244 e. The fourth-order valence-electron chi connectivity index (χ4n) is 5.03. The van der Waals surface area contributed by atoms with Crippen LogP contribution in [0.2, 0.25) is 0 Å². The maximum atomic E-state index is 14.3. The molecule has 0 saturated heterocycles. The molecule has 0 unspecified atom stereocenters. The van der Waals surface area contributed by atoms with E-state index in [0.29, 0.717) is 18.0 Å². The molecule has 0 aliphatic rings. The number of sulfonamides is 1. The average molecular weight is 642 g/mol. The second-order valence-electron chi connectivity index (χ2n) is 11.5. The number of nitrogens with zero attached hydrogens (tertiary/aromatic N) is 2. The number of hydrogen-bond acceptors (Lipinski definition) is 5. The van der Waals surface area contributed by atoms with Crippen LogP contribution in [0.4, 0.5) is 5.69 Å². The molecule has 46 heavy (non-hydrogen) atoms. The molecule has 4 aromatic rings. The summed E-state index contributed by atoms with van der Waals surface area (Å²) in [6.45, 7) is 5.88. The highest BCUT2D eigenvalue weighted by Gasteiger charge is 2.33. The Kier molecular flexibility index (Phi) is 12.0. The van der Waals surface area contributed by atoms with E-state index < -0.39 is 28.5 Å². The summed E-state index contributed by atoms with van der Waals surface area (Å²) < 4.78 is 33.2. The number of amides is 2. The molecular weight excluding hydrogens is 598 g/mol. The van der Waals surface area contributed by atoms with Crippen molar-refractivity contribution in [2.45, 2.75) is 58.8 Å². The van der Waals surface area contributed by atoms with E-state index in [1.54, 1.807) is 24.3 Å². The molecule has 4 rings (SSSR count). The normalized spacial score (nSPS) is 12.5. The summed E-state index contributed by atoms with van der Waals surface area (Å²) in [6.07, 6.45) is 2.07. The van der Waals surface area contributed by atoms with Crippen molar-refractivity contribution in [3.63, 3.8) is 0 Å². The number of anilines is 1. The SMILES string of the molecule is CC[C@@H](C)NC(=O)[C@@H](Cc1ccccc1)N(Cc1ccccc1C)C(=O)CN(c1ccc(OCc2ccccc2)cc1)S(C)(=O)=O. The number of carbonyl (C=O) groups is 2. The maximum absolute atomic E-state index is 14.3. The lowest BCUT2D eigenvalue weighted by Crippen LogP contribution is -2.54. The van der Waals surface area contributed by atoms with Crippen molar-refractivity contribution in [3.8, 4) is 5.75 Å². The highest BCUT2D eigenvalue weighted by Crippen LogP contribution is 2.24. The minimum atomic E-state index is -3.88. The topological polar surface area (TPSA) is 96.0 Å². The van der Waals surface area contributed by atoms with Gasteiger partial charge in [0.1, 0.15) is 24.9 Å². The van der Waals surface area contributed by atoms with Gasteiger partial charge >= 0.3 is 0 Å². The van der Waals surface area contributed by atoms with Crippen LogP contribution in [0.3, 0.4) is 0 Å². The molecule has 2 atom stereocenters. The number of ether oxygens (including phenoxy) is 1. The van der Waals surface area contributed by atoms with Gasteiger partial charge in [0.2, 0.25) is 21.8 Å². The van der Waals surface area contributed by atoms with E-state index in [1.165, 1.54) is 4.90 Å². The second-order valence-corrected chi connectivity index (χ2v) is 13.4. The van der Waals surface area contributed by atoms with Crippen LogP contribution in [-0.2, 0) is 39.2 Å². The first-order valence-corrected chi connectivity index (χ1v) is 17.3. The van der Waals surface area contributed by atoms with Crippen molar-refractivity contribution in [1.82, 2.24) is 10.2 Å². The Morgan fingerprint density at radius 3 is 2.00 bits per heavy atom. The standard InChI is InChI=1S/C37H43N3O5S/c1-5-29(3)38-37(42)35(24-30-15-8-6-9-16-30)39(25-32-19-13-12-14-28(32)2)36(41)26-40(46(4,43)44)33-20-22-34(23-21-33)45-27-31-17-10-7-11-18-31/h6-23,29,35H,5,24-27H2,1-4H3,(H,38,42)/t29-,35-/m1/s1. The monoisotopic (exact) mass is 641 g/mol. The maximum Gasteiger partial charge on any atom is 0.244 e. The number of nitrogens with one attached hydrogen (secondary N) is 1. The molecule has 0 aliphatic carbocycles. The summed E-state index contributed by atoms with van der Waals surface area (Å²) in [4.78, 5) is 29.7. The summed E-state index contributed by atoms with van der Waals surface area (Å²) >= 11 is 0. The van der Waals surface area contributed by atoms with Crippen LogP contribution < -0.4 is 14.4 Å². The first-order valence-electron chi connectivity index (χ1n) is 15.5. The Bertz CT molecular complexity index is 1680. The lowest BCUT2D eigenvalue weighted by atomic mass is 10.0. The largest absolute Gasteiger partial charge is 0.489 e. The van der Waals surface area contributed by atoms with E-state index in [1.807, 2.05) is 106 Å². The second kappa shape index (κ2) is 16.1. The summed E-state index contributed by atoms with van der Waals surface area (Å²) in [5.41, 5.74) is 4.05. The van der Waals surface area contributed by atoms with Gasteiger partial charge in [-0.2, -0.15) is 0 Å². The number of carbonyl (C=O) groups excluding carboxylic acids is 2. The Morgan fingerprint density at radius 2 is 1.41 bits per heavy atom. The van der Waals surface area contributed by atoms with E-state index in [0.717, 1.165) is 39.2 Å². The Balaban J connectivity index is 1.65. The van der Waals surface area contributed by atoms with Crippen molar-refractivity contribution in [3.05, 3.63) is 131 Å². The van der Waals surface area contributed by atoms with E-state index in [9.17, 15) is 18.0 Å². The predicted octanol–water partition coefficient (Wildman–Crippen LogP) is 5.89. The molecule has 0 spiro atoms. The van der Waals surface area contributed by atoms with Gasteiger partial charge in [-0.25, -0.2) is 8.42 Å². The van der Waals surface area contributed by atoms with Crippen molar-refractivity contribution >= 4 is 27.5 Å². The van der Waals surface area contributed by atoms with E-state index in [-0.39, 0.29) is 24.9 Å². The number of hydrogen-bond donors (Lipinski definition) is 1. The molecule has 0 aromatic heterocycles. The van der Waals surface area contributed by atoms with E-state index in [2.05, 4.69) is 5.32 Å². The molecule has 1 N–H and O–H groups in total. The van der Waals surface area contributed by atoms with Gasteiger partial charge < -0.3 is 15.0 Å². The van der Waals surface area contributed by atoms with Gasteiger partial charge in [0.25, 0.3) is 0 Å². The quantitative estimate of drug-likeness (QED) is 0.175. The minimum absolute atomic E-state index is 0.101. The first kappa shape index (κ1) is 34.2. The Hall–Kier alpha value is -4.63. The van der Waals surface area contributed by atoms with Crippen molar-refractivity contribution < 1.29 is 22.7 Å². The van der Waals surface area contributed by atoms with Gasteiger partial charge in [0, 0.05) is 19.0 Å². The zero-order chi connectivity index (χ0) is 33.1. The van der Waals surface area contributed by atoms with Crippen LogP contribution in [0.1, 0.15) is 42.5 Å². The van der Waals surface area contributed by atoms with Gasteiger partial charge in [-0.15, -0.1) is 0 Å². The number of benzene rings is 4. The molecule has 9 heteroatoms. The molecule has 4 aromatic carbocycles.